The second-order valence-corrected chi connectivity index (χ2v) is 3.09. The molecule has 1 heterocycles. The third-order valence-electron chi connectivity index (χ3n) is 1.77. The van der Waals surface area contributed by atoms with E-state index in [2.05, 4.69) is 0 Å². The van der Waals surface area contributed by atoms with Crippen LogP contribution in [0.3, 0.4) is 0 Å². The fourth-order valence-electron chi connectivity index (χ4n) is 1.17. The Hall–Kier alpha value is -0.965. The fourth-order valence-corrected chi connectivity index (χ4v) is 1.40. The predicted molar refractivity (Wildman–Crippen MR) is 51.0 cm³/mol. The largest absolute Gasteiger partial charge is 0.526 e. The third-order valence-corrected chi connectivity index (χ3v) is 2.07. The zero-order valence-electron chi connectivity index (χ0n) is 6.57. The molecule has 0 saturated heterocycles. The van der Waals surface area contributed by atoms with Crippen LogP contribution in [0.5, 0.6) is 0 Å². The Balaban J connectivity index is 2.68. The molecule has 0 saturated carbocycles. The van der Waals surface area contributed by atoms with E-state index in [1.165, 1.54) is 0 Å². The van der Waals surface area contributed by atoms with E-state index >= 15 is 0 Å². The van der Waals surface area contributed by atoms with E-state index in [1.54, 1.807) is 24.3 Å². The van der Waals surface area contributed by atoms with E-state index in [9.17, 15) is 0 Å². The van der Waals surface area contributed by atoms with Crippen LogP contribution in [0, 0.1) is 0 Å². The summed E-state index contributed by atoms with van der Waals surface area (Å²) in [6.07, 6.45) is 0. The summed E-state index contributed by atoms with van der Waals surface area (Å²) in [5, 5.41) is 18.9. The molecule has 0 aliphatic rings. The highest BCUT2D eigenvalue weighted by molar-refractivity contribution is 6.57. The van der Waals surface area contributed by atoms with Crippen molar-refractivity contribution in [3.63, 3.8) is 0 Å². The number of furan rings is 1. The minimum absolute atomic E-state index is 0.100. The topological polar surface area (TPSA) is 53.6 Å². The molecule has 0 amide bonds. The van der Waals surface area contributed by atoms with Crippen molar-refractivity contribution in [1.29, 1.82) is 0 Å². The van der Waals surface area contributed by atoms with Crippen molar-refractivity contribution in [3.8, 4) is 0 Å². The van der Waals surface area contributed by atoms with Crippen molar-refractivity contribution >= 4 is 35.3 Å². The number of hydrogen-bond donors (Lipinski definition) is 2. The van der Waals surface area contributed by atoms with Gasteiger partial charge in [0.25, 0.3) is 0 Å². The molecule has 0 bridgehead atoms. The van der Waals surface area contributed by atoms with Crippen LogP contribution in [0.15, 0.2) is 28.7 Å². The van der Waals surface area contributed by atoms with Gasteiger partial charge in [0.05, 0.1) is 5.02 Å². The zero-order chi connectivity index (χ0) is 9.42. The first kappa shape index (κ1) is 8.63. The van der Waals surface area contributed by atoms with Crippen molar-refractivity contribution in [1.82, 2.24) is 0 Å². The van der Waals surface area contributed by atoms with Gasteiger partial charge in [-0.25, -0.2) is 0 Å². The minimum Gasteiger partial charge on any atom is -0.463 e. The zero-order valence-corrected chi connectivity index (χ0v) is 7.32. The summed E-state index contributed by atoms with van der Waals surface area (Å²) in [5.74, 6) is 0. The van der Waals surface area contributed by atoms with E-state index in [0.717, 1.165) is 5.39 Å². The Morgan fingerprint density at radius 3 is 2.69 bits per heavy atom. The Bertz CT molecular complexity index is 438. The van der Waals surface area contributed by atoms with Gasteiger partial charge in [-0.3, -0.25) is 0 Å². The summed E-state index contributed by atoms with van der Waals surface area (Å²) in [7, 11) is -1.59. The lowest BCUT2D eigenvalue weighted by Crippen LogP contribution is -2.27. The van der Waals surface area contributed by atoms with Gasteiger partial charge in [0.15, 0.2) is 5.58 Å². The maximum absolute atomic E-state index is 8.83. The summed E-state index contributed by atoms with van der Waals surface area (Å²) in [6, 6.07) is 6.79. The molecule has 0 fully saturated rings. The lowest BCUT2D eigenvalue weighted by Gasteiger charge is -1.90. The summed E-state index contributed by atoms with van der Waals surface area (Å²) in [6.45, 7) is 0. The second-order valence-electron chi connectivity index (χ2n) is 2.68. The van der Waals surface area contributed by atoms with Gasteiger partial charge in [-0.15, -0.1) is 0 Å². The highest BCUT2D eigenvalue weighted by Gasteiger charge is 2.17. The highest BCUT2D eigenvalue weighted by atomic mass is 35.5. The molecule has 5 heteroatoms. The quantitative estimate of drug-likeness (QED) is 0.662. The Labute approximate surface area is 79.7 Å². The number of para-hydroxylation sites is 1. The van der Waals surface area contributed by atoms with Gasteiger partial charge in [0, 0.05) is 5.39 Å². The first-order chi connectivity index (χ1) is 6.18. The van der Waals surface area contributed by atoms with E-state index in [4.69, 9.17) is 26.1 Å². The summed E-state index contributed by atoms with van der Waals surface area (Å²) >= 11 is 5.82. The number of benzene rings is 1. The van der Waals surface area contributed by atoms with Crippen molar-refractivity contribution in [3.05, 3.63) is 29.3 Å². The molecule has 0 atom stereocenters. The number of halogens is 1. The van der Waals surface area contributed by atoms with Gasteiger partial charge in [0.2, 0.25) is 0 Å². The monoisotopic (exact) mass is 196 g/mol. The van der Waals surface area contributed by atoms with Crippen LogP contribution in [0.1, 0.15) is 0 Å². The molecule has 2 N–H and O–H groups in total. The van der Waals surface area contributed by atoms with Gasteiger partial charge in [0.1, 0.15) is 5.66 Å². The molecule has 0 unspecified atom stereocenters. The average Bonchev–Trinajstić information content (AvgIpc) is 2.49. The molecule has 0 aliphatic carbocycles. The van der Waals surface area contributed by atoms with Crippen LogP contribution < -0.4 is 5.66 Å². The lowest BCUT2D eigenvalue weighted by molar-refractivity contribution is 0.412. The molecule has 3 nitrogen and oxygen atoms in total. The normalized spacial score (nSPS) is 10.7. The van der Waals surface area contributed by atoms with Crippen molar-refractivity contribution in [2.24, 2.45) is 0 Å². The first-order valence-corrected chi connectivity index (χ1v) is 4.10. The van der Waals surface area contributed by atoms with Crippen LogP contribution in [-0.4, -0.2) is 17.2 Å². The Kier molecular flexibility index (Phi) is 2.03. The maximum atomic E-state index is 8.83. The smallest absolute Gasteiger partial charge is 0.463 e. The molecule has 1 aromatic heterocycles. The van der Waals surface area contributed by atoms with Gasteiger partial charge < -0.3 is 14.5 Å². The molecule has 13 heavy (non-hydrogen) atoms. The number of hydrogen-bond acceptors (Lipinski definition) is 3. The SMILES string of the molecule is OB(O)c1cc2cccc(Cl)c2o1. The lowest BCUT2D eigenvalue weighted by atomic mass is 9.88. The summed E-state index contributed by atoms with van der Waals surface area (Å²) in [4.78, 5) is 0. The maximum Gasteiger partial charge on any atom is 0.526 e. The van der Waals surface area contributed by atoms with Gasteiger partial charge in [-0.05, 0) is 12.1 Å². The van der Waals surface area contributed by atoms with Crippen molar-refractivity contribution in [2.45, 2.75) is 0 Å². The van der Waals surface area contributed by atoms with E-state index in [-0.39, 0.29) is 5.66 Å². The first-order valence-electron chi connectivity index (χ1n) is 3.72. The van der Waals surface area contributed by atoms with Gasteiger partial charge >= 0.3 is 7.12 Å². The Morgan fingerprint density at radius 2 is 2.08 bits per heavy atom. The highest BCUT2D eigenvalue weighted by Crippen LogP contribution is 2.22. The Morgan fingerprint density at radius 1 is 1.31 bits per heavy atom. The van der Waals surface area contributed by atoms with Crippen LogP contribution in [-0.2, 0) is 0 Å². The summed E-state index contributed by atoms with van der Waals surface area (Å²) in [5.41, 5.74) is 0.579. The molecular weight excluding hydrogens is 190 g/mol. The second kappa shape index (κ2) is 3.07. The van der Waals surface area contributed by atoms with Gasteiger partial charge in [-0.1, -0.05) is 23.7 Å². The minimum atomic E-state index is -1.59. The molecule has 1 aromatic carbocycles. The van der Waals surface area contributed by atoms with Crippen LogP contribution in [0.25, 0.3) is 11.0 Å². The van der Waals surface area contributed by atoms with E-state index in [1.807, 2.05) is 0 Å². The molecular formula is C8H6BClO3. The third kappa shape index (κ3) is 1.44. The molecule has 0 radical (unpaired) electrons. The van der Waals surface area contributed by atoms with Crippen LogP contribution in [0.2, 0.25) is 5.02 Å². The fraction of sp³-hybridized carbons (Fsp3) is 0. The average molecular weight is 196 g/mol. The van der Waals surface area contributed by atoms with Crippen LogP contribution in [0.4, 0.5) is 0 Å². The van der Waals surface area contributed by atoms with Crippen molar-refractivity contribution < 1.29 is 14.5 Å². The van der Waals surface area contributed by atoms with Gasteiger partial charge in [-0.2, -0.15) is 0 Å². The molecule has 66 valence electrons. The van der Waals surface area contributed by atoms with Crippen molar-refractivity contribution in [2.75, 3.05) is 0 Å². The molecule has 2 aromatic rings. The van der Waals surface area contributed by atoms with Crippen LogP contribution >= 0.6 is 11.6 Å². The summed E-state index contributed by atoms with van der Waals surface area (Å²) < 4.78 is 5.13. The molecule has 0 spiro atoms. The standard InChI is InChI=1S/C8H6BClO3/c10-6-3-1-2-5-4-7(9(11)12)13-8(5)6/h1-4,11-12H. The predicted octanol–water partition coefficient (Wildman–Crippen LogP) is 0.766. The number of rotatable bonds is 1. The van der Waals surface area contributed by atoms with E-state index < -0.39 is 7.12 Å². The molecule has 2 rings (SSSR count). The number of fused-ring (bicyclic) bond motifs is 1. The van der Waals surface area contributed by atoms with E-state index in [0.29, 0.717) is 10.6 Å². The molecule has 0 aliphatic heterocycles.